The van der Waals surface area contributed by atoms with Gasteiger partial charge in [0.05, 0.1) is 11.0 Å². The molecule has 1 fully saturated rings. The maximum atomic E-state index is 14.1. The smallest absolute Gasteiger partial charge is 0.306 e. The predicted octanol–water partition coefficient (Wildman–Crippen LogP) is 4.69. The van der Waals surface area contributed by atoms with Crippen LogP contribution in [-0.2, 0) is 33.4 Å². The van der Waals surface area contributed by atoms with Crippen LogP contribution in [0.15, 0.2) is 64.1 Å². The maximum absolute atomic E-state index is 14.1. The summed E-state index contributed by atoms with van der Waals surface area (Å²) in [6.45, 7) is 6.77. The first kappa shape index (κ1) is 29.6. The van der Waals surface area contributed by atoms with Gasteiger partial charge in [0.15, 0.2) is 11.4 Å². The molecule has 0 spiro atoms. The predicted molar refractivity (Wildman–Crippen MR) is 151 cm³/mol. The molecule has 0 aliphatic heterocycles. The van der Waals surface area contributed by atoms with E-state index in [4.69, 9.17) is 8.92 Å². The van der Waals surface area contributed by atoms with Gasteiger partial charge in [-0.1, -0.05) is 48.8 Å². The Labute approximate surface area is 241 Å². The minimum Gasteiger partial charge on any atom is -0.450 e. The van der Waals surface area contributed by atoms with Crippen LogP contribution in [0.3, 0.4) is 0 Å². The van der Waals surface area contributed by atoms with Crippen molar-refractivity contribution in [2.75, 3.05) is 6.61 Å². The van der Waals surface area contributed by atoms with Crippen LogP contribution in [0.2, 0.25) is 0 Å². The molecule has 5 rings (SSSR count). The first-order chi connectivity index (χ1) is 19.3. The molecule has 4 aliphatic carbocycles. The SMILES string of the molecule is CCCC(=O)O[C@]1(C(=O)COS(=O)(=O)c2ccc(C)cc2)CC[C@H]2C3=C([C@@H](O)C[C@@]21C)[C@@]1(C)C=CC(=O)C=C1CC3. The molecule has 1 aromatic rings. The quantitative estimate of drug-likeness (QED) is 0.266. The van der Waals surface area contributed by atoms with Crippen LogP contribution in [0.5, 0.6) is 0 Å². The first-order valence-corrected chi connectivity index (χ1v) is 15.8. The Hall–Kier alpha value is -2.88. The summed E-state index contributed by atoms with van der Waals surface area (Å²) in [5, 5.41) is 11.7. The van der Waals surface area contributed by atoms with E-state index in [-0.39, 0.29) is 35.9 Å². The molecule has 0 aromatic heterocycles. The number of carbonyl (C=O) groups excluding carboxylic acids is 3. The van der Waals surface area contributed by atoms with Crippen LogP contribution >= 0.6 is 0 Å². The third-order valence-corrected chi connectivity index (χ3v) is 11.1. The second kappa shape index (κ2) is 10.4. The fourth-order valence-electron chi connectivity index (χ4n) is 7.74. The molecule has 4 aliphatic rings. The van der Waals surface area contributed by atoms with Gasteiger partial charge in [0.2, 0.25) is 5.78 Å². The van der Waals surface area contributed by atoms with E-state index >= 15 is 0 Å². The lowest BCUT2D eigenvalue weighted by Gasteiger charge is -2.54. The molecule has 41 heavy (non-hydrogen) atoms. The van der Waals surface area contributed by atoms with Crippen molar-refractivity contribution in [2.45, 2.75) is 89.2 Å². The van der Waals surface area contributed by atoms with Gasteiger partial charge in [-0.3, -0.25) is 18.6 Å². The van der Waals surface area contributed by atoms with E-state index in [1.807, 2.05) is 33.8 Å². The highest BCUT2D eigenvalue weighted by Gasteiger charge is 2.67. The molecular weight excluding hydrogens is 544 g/mol. The van der Waals surface area contributed by atoms with Crippen LogP contribution in [0.4, 0.5) is 0 Å². The summed E-state index contributed by atoms with van der Waals surface area (Å²) in [7, 11) is -4.23. The average Bonchev–Trinajstić information content (AvgIpc) is 3.20. The molecule has 0 radical (unpaired) electrons. The van der Waals surface area contributed by atoms with Crippen molar-refractivity contribution >= 4 is 27.7 Å². The number of fused-ring (bicyclic) bond motifs is 4. The summed E-state index contributed by atoms with van der Waals surface area (Å²) in [5.74, 6) is -1.39. The average molecular weight is 583 g/mol. The Morgan fingerprint density at radius 1 is 1.12 bits per heavy atom. The Balaban J connectivity index is 1.51. The maximum Gasteiger partial charge on any atom is 0.306 e. The van der Waals surface area contributed by atoms with Crippen molar-refractivity contribution in [1.82, 2.24) is 0 Å². The Morgan fingerprint density at radius 2 is 1.83 bits per heavy atom. The number of hydrogen-bond donors (Lipinski definition) is 1. The molecule has 1 N–H and O–H groups in total. The molecule has 8 nitrogen and oxygen atoms in total. The van der Waals surface area contributed by atoms with E-state index in [9.17, 15) is 27.9 Å². The van der Waals surface area contributed by atoms with Gasteiger partial charge in [-0.15, -0.1) is 0 Å². The van der Waals surface area contributed by atoms with E-state index in [1.165, 1.54) is 12.1 Å². The van der Waals surface area contributed by atoms with Crippen LogP contribution in [0.25, 0.3) is 0 Å². The van der Waals surface area contributed by atoms with Gasteiger partial charge in [0.1, 0.15) is 6.61 Å². The largest absolute Gasteiger partial charge is 0.450 e. The number of ether oxygens (including phenoxy) is 1. The standard InChI is InChI=1S/C32H38O8S/c1-5-6-28(36)40-32(27(35)19-39-41(37,38)23-10-7-20(2)8-11-23)16-14-25-24-12-9-21-17-22(33)13-15-30(21,3)29(24)26(34)18-31(25,32)4/h7-8,10-11,13,15,17,25-26,34H,5-6,9,12,14,16,18-19H2,1-4H3/t25-,26-,30-,31-,32-/m0/s1. The number of carbonyl (C=O) groups is 3. The van der Waals surface area contributed by atoms with E-state index in [0.29, 0.717) is 25.7 Å². The second-order valence-electron chi connectivity index (χ2n) is 12.3. The molecule has 0 saturated heterocycles. The zero-order chi connectivity index (χ0) is 29.8. The number of benzene rings is 1. The van der Waals surface area contributed by atoms with Gasteiger partial charge in [0.25, 0.3) is 10.1 Å². The summed E-state index contributed by atoms with van der Waals surface area (Å²) in [4.78, 5) is 39.1. The fourth-order valence-corrected chi connectivity index (χ4v) is 8.60. The molecular formula is C32H38O8S. The third-order valence-electron chi connectivity index (χ3n) is 9.83. The van der Waals surface area contributed by atoms with Crippen LogP contribution in [0.1, 0.15) is 71.3 Å². The van der Waals surface area contributed by atoms with Gasteiger partial charge in [-0.2, -0.15) is 8.42 Å². The lowest BCUT2D eigenvalue weighted by atomic mass is 9.52. The van der Waals surface area contributed by atoms with Gasteiger partial charge >= 0.3 is 5.97 Å². The Morgan fingerprint density at radius 3 is 2.51 bits per heavy atom. The molecule has 1 aromatic carbocycles. The van der Waals surface area contributed by atoms with Crippen molar-refractivity contribution in [2.24, 2.45) is 16.7 Å². The number of Topliss-reactive ketones (excluding diaryl/α,β-unsaturated/α-hetero) is 1. The van der Waals surface area contributed by atoms with E-state index in [1.54, 1.807) is 24.3 Å². The fraction of sp³-hybridized carbons (Fsp3) is 0.531. The zero-order valence-corrected chi connectivity index (χ0v) is 24.9. The van der Waals surface area contributed by atoms with Crippen molar-refractivity contribution in [3.63, 3.8) is 0 Å². The van der Waals surface area contributed by atoms with E-state index in [0.717, 1.165) is 22.3 Å². The second-order valence-corrected chi connectivity index (χ2v) is 13.9. The number of allylic oxidation sites excluding steroid dienone is 5. The van der Waals surface area contributed by atoms with E-state index < -0.39 is 51.0 Å². The minimum absolute atomic E-state index is 0.0643. The molecule has 0 heterocycles. The molecule has 9 heteroatoms. The summed E-state index contributed by atoms with van der Waals surface area (Å²) >= 11 is 0. The van der Waals surface area contributed by atoms with Crippen LogP contribution in [-0.4, -0.2) is 49.4 Å². The monoisotopic (exact) mass is 582 g/mol. The Kier molecular flexibility index (Phi) is 7.54. The third kappa shape index (κ3) is 4.76. The zero-order valence-electron chi connectivity index (χ0n) is 24.1. The molecule has 0 bridgehead atoms. The topological polar surface area (TPSA) is 124 Å². The summed E-state index contributed by atoms with van der Waals surface area (Å²) in [6, 6.07) is 6.13. The number of aliphatic hydroxyl groups excluding tert-OH is 1. The van der Waals surface area contributed by atoms with Crippen LogP contribution in [0, 0.1) is 23.7 Å². The minimum atomic E-state index is -4.23. The highest BCUT2D eigenvalue weighted by molar-refractivity contribution is 7.86. The Bertz CT molecular complexity index is 1480. The van der Waals surface area contributed by atoms with Crippen molar-refractivity contribution in [3.05, 3.63) is 64.8 Å². The van der Waals surface area contributed by atoms with Crippen molar-refractivity contribution in [1.29, 1.82) is 0 Å². The van der Waals surface area contributed by atoms with Gasteiger partial charge < -0.3 is 9.84 Å². The van der Waals surface area contributed by atoms with Crippen molar-refractivity contribution in [3.8, 4) is 0 Å². The number of hydrogen-bond acceptors (Lipinski definition) is 8. The first-order valence-electron chi connectivity index (χ1n) is 14.3. The number of ketones is 2. The number of rotatable bonds is 8. The van der Waals surface area contributed by atoms with Gasteiger partial charge in [-0.05, 0) is 88.1 Å². The van der Waals surface area contributed by atoms with Gasteiger partial charge in [0, 0.05) is 17.3 Å². The number of aryl methyl sites for hydroxylation is 1. The lowest BCUT2D eigenvalue weighted by molar-refractivity contribution is -0.185. The molecule has 220 valence electrons. The normalized spacial score (nSPS) is 32.6. The van der Waals surface area contributed by atoms with Crippen LogP contribution < -0.4 is 0 Å². The summed E-state index contributed by atoms with van der Waals surface area (Å²) < 4.78 is 37.2. The molecule has 0 amide bonds. The molecule has 1 saturated carbocycles. The van der Waals surface area contributed by atoms with Gasteiger partial charge in [-0.25, -0.2) is 0 Å². The highest BCUT2D eigenvalue weighted by atomic mass is 32.2. The number of esters is 1. The summed E-state index contributed by atoms with van der Waals surface area (Å²) in [5.41, 5.74) is 0.529. The molecule has 5 atom stereocenters. The van der Waals surface area contributed by atoms with E-state index in [2.05, 4.69) is 0 Å². The highest BCUT2D eigenvalue weighted by Crippen LogP contribution is 2.65. The lowest BCUT2D eigenvalue weighted by Crippen LogP contribution is -2.59. The molecule has 0 unspecified atom stereocenters. The number of aliphatic hydroxyl groups is 1. The summed E-state index contributed by atoms with van der Waals surface area (Å²) in [6.07, 6.45) is 6.93. The van der Waals surface area contributed by atoms with Crippen molar-refractivity contribution < 1.29 is 36.8 Å².